The van der Waals surface area contributed by atoms with E-state index in [2.05, 4.69) is 12.2 Å². The van der Waals surface area contributed by atoms with Crippen molar-refractivity contribution in [1.29, 1.82) is 0 Å². The van der Waals surface area contributed by atoms with Gasteiger partial charge < -0.3 is 24.6 Å². The van der Waals surface area contributed by atoms with Gasteiger partial charge in [0, 0.05) is 31.9 Å². The molecule has 2 N–H and O–H groups in total. The molecule has 0 bridgehead atoms. The summed E-state index contributed by atoms with van der Waals surface area (Å²) in [5, 5.41) is 12.3. The second-order valence-electron chi connectivity index (χ2n) is 7.88. The SMILES string of the molecule is CCCNCC1CN(c2c(F)cc3c(=O)c(C(=O)O)cn(C4CC4)c3c2F)CCO1. The molecule has 1 aliphatic heterocycles. The minimum Gasteiger partial charge on any atom is -0.477 e. The molecule has 4 rings (SSSR count). The van der Waals surface area contributed by atoms with Crippen molar-refractivity contribution in [3.05, 3.63) is 39.7 Å². The van der Waals surface area contributed by atoms with Gasteiger partial charge in [0.2, 0.25) is 5.43 Å². The Morgan fingerprint density at radius 2 is 2.13 bits per heavy atom. The quantitative estimate of drug-likeness (QED) is 0.669. The molecule has 1 unspecified atom stereocenters. The molecular weight excluding hydrogens is 396 g/mol. The first-order valence-corrected chi connectivity index (χ1v) is 10.3. The van der Waals surface area contributed by atoms with Gasteiger partial charge in [-0.3, -0.25) is 4.79 Å². The maximum absolute atomic E-state index is 15.7. The highest BCUT2D eigenvalue weighted by Gasteiger charge is 2.32. The number of pyridine rings is 1. The number of hydrogen-bond donors (Lipinski definition) is 2. The van der Waals surface area contributed by atoms with E-state index >= 15 is 8.78 Å². The lowest BCUT2D eigenvalue weighted by Crippen LogP contribution is -2.47. The van der Waals surface area contributed by atoms with Crippen molar-refractivity contribution in [1.82, 2.24) is 9.88 Å². The molecule has 0 amide bonds. The topological polar surface area (TPSA) is 83.8 Å². The predicted octanol–water partition coefficient (Wildman–Crippen LogP) is 2.52. The fourth-order valence-corrected chi connectivity index (χ4v) is 4.00. The molecule has 1 atom stereocenters. The highest BCUT2D eigenvalue weighted by Crippen LogP contribution is 2.39. The summed E-state index contributed by atoms with van der Waals surface area (Å²) in [6.45, 7) is 4.44. The van der Waals surface area contributed by atoms with Crippen LogP contribution in [0.25, 0.3) is 10.9 Å². The third kappa shape index (κ3) is 3.79. The first-order valence-electron chi connectivity index (χ1n) is 10.3. The van der Waals surface area contributed by atoms with Crippen LogP contribution in [-0.2, 0) is 4.74 Å². The van der Waals surface area contributed by atoms with Gasteiger partial charge in [0.05, 0.1) is 23.6 Å². The monoisotopic (exact) mass is 421 g/mol. The Hall–Kier alpha value is -2.52. The molecule has 162 valence electrons. The van der Waals surface area contributed by atoms with Crippen LogP contribution in [0.15, 0.2) is 17.1 Å². The third-order valence-corrected chi connectivity index (χ3v) is 5.61. The summed E-state index contributed by atoms with van der Waals surface area (Å²) < 4.78 is 37.9. The van der Waals surface area contributed by atoms with E-state index in [-0.39, 0.29) is 28.7 Å². The fraction of sp³-hybridized carbons (Fsp3) is 0.524. The van der Waals surface area contributed by atoms with Crippen molar-refractivity contribution < 1.29 is 23.4 Å². The summed E-state index contributed by atoms with van der Waals surface area (Å²) in [5.41, 5.74) is -1.57. The Kier molecular flexibility index (Phi) is 5.75. The van der Waals surface area contributed by atoms with Gasteiger partial charge in [0.15, 0.2) is 5.82 Å². The number of rotatable bonds is 7. The van der Waals surface area contributed by atoms with E-state index in [1.54, 1.807) is 4.90 Å². The second kappa shape index (κ2) is 8.31. The molecule has 2 heterocycles. The van der Waals surface area contributed by atoms with Crippen LogP contribution >= 0.6 is 0 Å². The van der Waals surface area contributed by atoms with Crippen molar-refractivity contribution >= 4 is 22.6 Å². The number of ether oxygens (including phenoxy) is 1. The molecular formula is C21H25F2N3O4. The first-order chi connectivity index (χ1) is 14.4. The molecule has 1 aromatic heterocycles. The van der Waals surface area contributed by atoms with Crippen LogP contribution < -0.4 is 15.6 Å². The minimum atomic E-state index is -1.41. The van der Waals surface area contributed by atoms with Gasteiger partial charge in [-0.1, -0.05) is 6.92 Å². The van der Waals surface area contributed by atoms with Crippen molar-refractivity contribution in [3.8, 4) is 0 Å². The third-order valence-electron chi connectivity index (χ3n) is 5.61. The molecule has 9 heteroatoms. The maximum Gasteiger partial charge on any atom is 0.341 e. The first kappa shape index (κ1) is 20.7. The second-order valence-corrected chi connectivity index (χ2v) is 7.88. The van der Waals surface area contributed by atoms with Crippen LogP contribution in [0.4, 0.5) is 14.5 Å². The zero-order valence-electron chi connectivity index (χ0n) is 16.8. The van der Waals surface area contributed by atoms with Gasteiger partial charge in [0.1, 0.15) is 17.1 Å². The molecule has 0 spiro atoms. The number of benzene rings is 1. The van der Waals surface area contributed by atoms with Crippen molar-refractivity contribution in [2.24, 2.45) is 0 Å². The van der Waals surface area contributed by atoms with E-state index in [1.165, 1.54) is 10.8 Å². The molecule has 2 aromatic rings. The lowest BCUT2D eigenvalue weighted by molar-refractivity contribution is 0.0406. The number of hydrogen-bond acceptors (Lipinski definition) is 5. The van der Waals surface area contributed by atoms with Gasteiger partial charge in [-0.05, 0) is 31.9 Å². The van der Waals surface area contributed by atoms with Gasteiger partial charge in [-0.25, -0.2) is 13.6 Å². The maximum atomic E-state index is 15.7. The summed E-state index contributed by atoms with van der Waals surface area (Å²) in [6.07, 6.45) is 3.46. The fourth-order valence-electron chi connectivity index (χ4n) is 4.00. The van der Waals surface area contributed by atoms with E-state index in [0.717, 1.165) is 31.9 Å². The van der Waals surface area contributed by atoms with E-state index in [0.29, 0.717) is 26.2 Å². The number of halogens is 2. The summed E-state index contributed by atoms with van der Waals surface area (Å²) in [4.78, 5) is 25.7. The number of morpholine rings is 1. The summed E-state index contributed by atoms with van der Waals surface area (Å²) in [5.74, 6) is -3.10. The van der Waals surface area contributed by atoms with E-state index in [9.17, 15) is 14.7 Å². The molecule has 1 aliphatic carbocycles. The molecule has 2 aliphatic rings. The number of carboxylic acids is 1. The lowest BCUT2D eigenvalue weighted by atomic mass is 10.1. The molecule has 0 radical (unpaired) electrons. The smallest absolute Gasteiger partial charge is 0.341 e. The van der Waals surface area contributed by atoms with Crippen LogP contribution in [0.2, 0.25) is 0 Å². The average molecular weight is 421 g/mol. The standard InChI is InChI=1S/C21H25F2N3O4/c1-2-5-24-9-13-10-25(6-7-30-13)19-16(22)8-14-18(17(19)23)26(12-3-4-12)11-15(20(14)27)21(28)29/h8,11-13,24H,2-7,9-10H2,1H3,(H,28,29). The van der Waals surface area contributed by atoms with Crippen LogP contribution in [0.1, 0.15) is 42.6 Å². The van der Waals surface area contributed by atoms with Crippen molar-refractivity contribution in [2.45, 2.75) is 38.3 Å². The number of fused-ring (bicyclic) bond motifs is 1. The Bertz CT molecular complexity index is 1040. The predicted molar refractivity (Wildman–Crippen MR) is 108 cm³/mol. The number of aromatic carboxylic acids is 1. The number of nitrogens with zero attached hydrogens (tertiary/aromatic N) is 2. The summed E-state index contributed by atoms with van der Waals surface area (Å²) in [7, 11) is 0. The molecule has 2 fully saturated rings. The number of aromatic nitrogens is 1. The van der Waals surface area contributed by atoms with Gasteiger partial charge >= 0.3 is 5.97 Å². The molecule has 7 nitrogen and oxygen atoms in total. The van der Waals surface area contributed by atoms with E-state index < -0.39 is 28.6 Å². The highest BCUT2D eigenvalue weighted by atomic mass is 19.1. The van der Waals surface area contributed by atoms with Crippen molar-refractivity contribution in [3.63, 3.8) is 0 Å². The van der Waals surface area contributed by atoms with Crippen LogP contribution in [0.5, 0.6) is 0 Å². The Morgan fingerprint density at radius 1 is 1.37 bits per heavy atom. The van der Waals surface area contributed by atoms with Crippen LogP contribution in [-0.4, -0.2) is 54.5 Å². The number of nitrogens with one attached hydrogen (secondary N) is 1. The van der Waals surface area contributed by atoms with Crippen molar-refractivity contribution in [2.75, 3.05) is 37.7 Å². The zero-order chi connectivity index (χ0) is 21.4. The Morgan fingerprint density at radius 3 is 2.80 bits per heavy atom. The van der Waals surface area contributed by atoms with Crippen LogP contribution in [0.3, 0.4) is 0 Å². The van der Waals surface area contributed by atoms with E-state index in [1.807, 2.05) is 0 Å². The largest absolute Gasteiger partial charge is 0.477 e. The number of carbonyl (C=O) groups is 1. The average Bonchev–Trinajstić information content (AvgIpc) is 3.54. The number of carboxylic acid groups (broad SMARTS) is 1. The van der Waals surface area contributed by atoms with Gasteiger partial charge in [-0.2, -0.15) is 0 Å². The van der Waals surface area contributed by atoms with Crippen LogP contribution in [0, 0.1) is 11.6 Å². The summed E-state index contributed by atoms with van der Waals surface area (Å²) >= 11 is 0. The molecule has 1 saturated heterocycles. The lowest BCUT2D eigenvalue weighted by Gasteiger charge is -2.35. The van der Waals surface area contributed by atoms with Gasteiger partial charge in [-0.15, -0.1) is 0 Å². The molecule has 1 aromatic carbocycles. The Labute approximate surface area is 172 Å². The molecule has 1 saturated carbocycles. The Balaban J connectivity index is 1.78. The summed E-state index contributed by atoms with van der Waals surface area (Å²) in [6, 6.07) is 0.885. The normalized spacial score (nSPS) is 19.4. The zero-order valence-corrected chi connectivity index (χ0v) is 16.8. The minimum absolute atomic E-state index is 0.0314. The van der Waals surface area contributed by atoms with Gasteiger partial charge in [0.25, 0.3) is 0 Å². The number of anilines is 1. The van der Waals surface area contributed by atoms with E-state index in [4.69, 9.17) is 4.74 Å². The highest BCUT2D eigenvalue weighted by molar-refractivity contribution is 5.94. The molecule has 30 heavy (non-hydrogen) atoms.